The fourth-order valence-electron chi connectivity index (χ4n) is 3.92. The van der Waals surface area contributed by atoms with Gasteiger partial charge in [-0.15, -0.1) is 0 Å². The van der Waals surface area contributed by atoms with E-state index >= 15 is 0 Å². The standard InChI is InChI=1S/C21H34N4O4S/c1-23-13-15-24(16-14-23)10-4-3-9-22-21(26)18-7-8-19(29-2)20(17-18)30(27,28)25-11-5-6-12-25/h7-8,17H,3-6,9-16H2,1-2H3,(H,22,26). The van der Waals surface area contributed by atoms with Crippen LogP contribution in [-0.2, 0) is 10.0 Å². The highest BCUT2D eigenvalue weighted by atomic mass is 32.2. The molecule has 168 valence electrons. The van der Waals surface area contributed by atoms with Crippen LogP contribution in [0.3, 0.4) is 0 Å². The van der Waals surface area contributed by atoms with Crippen LogP contribution >= 0.6 is 0 Å². The highest BCUT2D eigenvalue weighted by Crippen LogP contribution is 2.29. The van der Waals surface area contributed by atoms with Crippen LogP contribution in [0.2, 0.25) is 0 Å². The number of sulfonamides is 1. The van der Waals surface area contributed by atoms with E-state index in [-0.39, 0.29) is 16.6 Å². The Morgan fingerprint density at radius 3 is 2.43 bits per heavy atom. The minimum atomic E-state index is -3.66. The number of benzene rings is 1. The van der Waals surface area contributed by atoms with Gasteiger partial charge in [0.25, 0.3) is 5.91 Å². The van der Waals surface area contributed by atoms with Gasteiger partial charge in [-0.25, -0.2) is 8.42 Å². The van der Waals surface area contributed by atoms with Crippen LogP contribution in [0, 0.1) is 0 Å². The highest BCUT2D eigenvalue weighted by molar-refractivity contribution is 7.89. The summed E-state index contributed by atoms with van der Waals surface area (Å²) in [5, 5.41) is 2.91. The summed E-state index contributed by atoms with van der Waals surface area (Å²) in [6, 6.07) is 4.61. The lowest BCUT2D eigenvalue weighted by Gasteiger charge is -2.32. The van der Waals surface area contributed by atoms with Gasteiger partial charge in [0.05, 0.1) is 7.11 Å². The summed E-state index contributed by atoms with van der Waals surface area (Å²) in [6.07, 6.45) is 3.64. The maximum absolute atomic E-state index is 13.0. The smallest absolute Gasteiger partial charge is 0.251 e. The van der Waals surface area contributed by atoms with Crippen molar-refractivity contribution in [1.29, 1.82) is 0 Å². The van der Waals surface area contributed by atoms with Crippen LogP contribution in [0.5, 0.6) is 5.75 Å². The summed E-state index contributed by atoms with van der Waals surface area (Å²) in [4.78, 5) is 17.4. The molecule has 0 bridgehead atoms. The fourth-order valence-corrected chi connectivity index (χ4v) is 5.62. The molecular weight excluding hydrogens is 404 g/mol. The van der Waals surface area contributed by atoms with E-state index in [1.165, 1.54) is 17.5 Å². The van der Waals surface area contributed by atoms with Gasteiger partial charge in [-0.1, -0.05) is 0 Å². The van der Waals surface area contributed by atoms with Gasteiger partial charge in [-0.3, -0.25) is 4.79 Å². The third-order valence-corrected chi connectivity index (χ3v) is 7.81. The van der Waals surface area contributed by atoms with E-state index in [0.29, 0.717) is 25.2 Å². The van der Waals surface area contributed by atoms with E-state index in [1.54, 1.807) is 12.1 Å². The molecule has 1 aromatic rings. The lowest BCUT2D eigenvalue weighted by Crippen LogP contribution is -2.44. The van der Waals surface area contributed by atoms with Crippen molar-refractivity contribution < 1.29 is 17.9 Å². The lowest BCUT2D eigenvalue weighted by atomic mass is 10.2. The van der Waals surface area contributed by atoms with Crippen LogP contribution in [0.1, 0.15) is 36.0 Å². The van der Waals surface area contributed by atoms with Gasteiger partial charge in [-0.05, 0) is 57.5 Å². The number of ether oxygens (including phenoxy) is 1. The van der Waals surface area contributed by atoms with Crippen molar-refractivity contribution in [3.8, 4) is 5.75 Å². The number of methoxy groups -OCH3 is 1. The number of likely N-dealkylation sites (N-methyl/N-ethyl adjacent to an activating group) is 1. The Bertz CT molecular complexity index is 816. The SMILES string of the molecule is COc1ccc(C(=O)NCCCCN2CCN(C)CC2)cc1S(=O)(=O)N1CCCC1. The lowest BCUT2D eigenvalue weighted by molar-refractivity contribution is 0.0951. The van der Waals surface area contributed by atoms with Gasteiger partial charge in [0.15, 0.2) is 0 Å². The third-order valence-electron chi connectivity index (χ3n) is 5.89. The molecule has 8 nitrogen and oxygen atoms in total. The number of rotatable bonds is 9. The first kappa shape index (κ1) is 23.0. The van der Waals surface area contributed by atoms with Crippen molar-refractivity contribution in [2.24, 2.45) is 0 Å². The molecule has 0 atom stereocenters. The van der Waals surface area contributed by atoms with Gasteiger partial charge in [-0.2, -0.15) is 4.31 Å². The normalized spacial score (nSPS) is 19.1. The minimum absolute atomic E-state index is 0.0645. The van der Waals surface area contributed by atoms with Gasteiger partial charge < -0.3 is 19.9 Å². The van der Waals surface area contributed by atoms with Crippen molar-refractivity contribution in [3.63, 3.8) is 0 Å². The summed E-state index contributed by atoms with van der Waals surface area (Å²) < 4.78 is 32.7. The average Bonchev–Trinajstić information content (AvgIpc) is 3.30. The maximum Gasteiger partial charge on any atom is 0.251 e. The van der Waals surface area contributed by atoms with E-state index in [4.69, 9.17) is 4.74 Å². The number of amides is 1. The van der Waals surface area contributed by atoms with Crippen LogP contribution in [0.4, 0.5) is 0 Å². The Kier molecular flexibility index (Phi) is 8.10. The molecule has 30 heavy (non-hydrogen) atoms. The van der Waals surface area contributed by atoms with E-state index in [2.05, 4.69) is 22.2 Å². The number of unbranched alkanes of at least 4 members (excludes halogenated alkanes) is 1. The predicted molar refractivity (Wildman–Crippen MR) is 116 cm³/mol. The quantitative estimate of drug-likeness (QED) is 0.584. The molecule has 1 aromatic carbocycles. The Morgan fingerprint density at radius 2 is 1.77 bits per heavy atom. The van der Waals surface area contributed by atoms with Crippen LogP contribution < -0.4 is 10.1 Å². The number of piperazine rings is 1. The summed E-state index contributed by atoms with van der Waals surface area (Å²) in [7, 11) is -0.0740. The van der Waals surface area contributed by atoms with Gasteiger partial charge in [0, 0.05) is 51.4 Å². The maximum atomic E-state index is 13.0. The molecular formula is C21H34N4O4S. The number of nitrogens with zero attached hydrogens (tertiary/aromatic N) is 3. The van der Waals surface area contributed by atoms with Gasteiger partial charge in [0.2, 0.25) is 10.0 Å². The predicted octanol–water partition coefficient (Wildman–Crippen LogP) is 1.24. The Labute approximate surface area is 180 Å². The molecule has 2 aliphatic rings. The minimum Gasteiger partial charge on any atom is -0.495 e. The molecule has 2 aliphatic heterocycles. The monoisotopic (exact) mass is 438 g/mol. The molecule has 1 N–H and O–H groups in total. The van der Waals surface area contributed by atoms with Crippen LogP contribution in [-0.4, -0.2) is 94.9 Å². The fraction of sp³-hybridized carbons (Fsp3) is 0.667. The zero-order valence-corrected chi connectivity index (χ0v) is 18.9. The molecule has 0 saturated carbocycles. The van der Waals surface area contributed by atoms with Crippen molar-refractivity contribution >= 4 is 15.9 Å². The molecule has 2 heterocycles. The van der Waals surface area contributed by atoms with E-state index < -0.39 is 10.0 Å². The van der Waals surface area contributed by atoms with Crippen molar-refractivity contribution in [2.45, 2.75) is 30.6 Å². The van der Waals surface area contributed by atoms with E-state index in [9.17, 15) is 13.2 Å². The molecule has 2 saturated heterocycles. The molecule has 2 fully saturated rings. The molecule has 0 unspecified atom stereocenters. The molecule has 0 aliphatic carbocycles. The zero-order chi connectivity index (χ0) is 21.6. The largest absolute Gasteiger partial charge is 0.495 e. The summed E-state index contributed by atoms with van der Waals surface area (Å²) >= 11 is 0. The Balaban J connectivity index is 1.53. The molecule has 0 radical (unpaired) electrons. The van der Waals surface area contributed by atoms with Crippen molar-refractivity contribution in [1.82, 2.24) is 19.4 Å². The van der Waals surface area contributed by atoms with Crippen molar-refractivity contribution in [2.75, 3.05) is 66.5 Å². The topological polar surface area (TPSA) is 82.2 Å². The summed E-state index contributed by atoms with van der Waals surface area (Å²) in [6.45, 7) is 7.06. The first-order valence-electron chi connectivity index (χ1n) is 10.8. The molecule has 0 spiro atoms. The number of hydrogen-bond donors (Lipinski definition) is 1. The molecule has 9 heteroatoms. The number of hydrogen-bond acceptors (Lipinski definition) is 6. The third kappa shape index (κ3) is 5.72. The van der Waals surface area contributed by atoms with Crippen LogP contribution in [0.15, 0.2) is 23.1 Å². The Hall–Kier alpha value is -1.68. The number of carbonyl (C=O) groups excluding carboxylic acids is 1. The highest BCUT2D eigenvalue weighted by Gasteiger charge is 2.30. The summed E-state index contributed by atoms with van der Waals surface area (Å²) in [5.74, 6) is 0.0146. The number of carbonyl (C=O) groups is 1. The number of nitrogens with one attached hydrogen (secondary N) is 1. The Morgan fingerprint density at radius 1 is 1.07 bits per heavy atom. The second-order valence-electron chi connectivity index (χ2n) is 8.08. The average molecular weight is 439 g/mol. The van der Waals surface area contributed by atoms with Crippen LogP contribution in [0.25, 0.3) is 0 Å². The van der Waals surface area contributed by atoms with E-state index in [0.717, 1.165) is 58.4 Å². The van der Waals surface area contributed by atoms with Crippen molar-refractivity contribution in [3.05, 3.63) is 23.8 Å². The van der Waals surface area contributed by atoms with Gasteiger partial charge >= 0.3 is 0 Å². The first-order valence-corrected chi connectivity index (χ1v) is 12.2. The second kappa shape index (κ2) is 10.6. The summed E-state index contributed by atoms with van der Waals surface area (Å²) in [5.41, 5.74) is 0.340. The van der Waals surface area contributed by atoms with Gasteiger partial charge in [0.1, 0.15) is 10.6 Å². The second-order valence-corrected chi connectivity index (χ2v) is 9.99. The zero-order valence-electron chi connectivity index (χ0n) is 18.1. The molecule has 1 amide bonds. The first-order chi connectivity index (χ1) is 14.4. The molecule has 3 rings (SSSR count). The molecule has 0 aromatic heterocycles. The van der Waals surface area contributed by atoms with E-state index in [1.807, 2.05) is 0 Å².